The van der Waals surface area contributed by atoms with Gasteiger partial charge in [-0.05, 0) is 30.7 Å². The van der Waals surface area contributed by atoms with Crippen LogP contribution in [0.25, 0.3) is 6.08 Å². The van der Waals surface area contributed by atoms with Gasteiger partial charge < -0.3 is 10.1 Å². The van der Waals surface area contributed by atoms with E-state index in [0.717, 1.165) is 5.56 Å². The number of rotatable bonds is 6. The fourth-order valence-electron chi connectivity index (χ4n) is 1.46. The number of nitro benzene ring substituents is 1. The summed E-state index contributed by atoms with van der Waals surface area (Å²) in [5.41, 5.74) is 0.746. The number of carbonyl (C=O) groups is 1. The topological polar surface area (TPSA) is 81.5 Å². The number of non-ortho nitro benzene ring substituents is 1. The van der Waals surface area contributed by atoms with Crippen LogP contribution in [-0.2, 0) is 9.53 Å². The molecule has 102 valence electrons. The van der Waals surface area contributed by atoms with Crippen molar-refractivity contribution in [1.82, 2.24) is 5.32 Å². The molecule has 1 rings (SSSR count). The van der Waals surface area contributed by atoms with E-state index in [9.17, 15) is 14.9 Å². The van der Waals surface area contributed by atoms with Crippen molar-refractivity contribution in [3.8, 4) is 0 Å². The Morgan fingerprint density at radius 2 is 2.11 bits per heavy atom. The Morgan fingerprint density at radius 3 is 2.63 bits per heavy atom. The molecule has 0 radical (unpaired) electrons. The van der Waals surface area contributed by atoms with Gasteiger partial charge in [-0.3, -0.25) is 14.9 Å². The molecule has 0 saturated heterocycles. The fourth-order valence-corrected chi connectivity index (χ4v) is 1.46. The maximum absolute atomic E-state index is 11.5. The van der Waals surface area contributed by atoms with Gasteiger partial charge >= 0.3 is 0 Å². The summed E-state index contributed by atoms with van der Waals surface area (Å²) in [7, 11) is 1.56. The van der Waals surface area contributed by atoms with Crippen LogP contribution in [0.2, 0.25) is 0 Å². The fraction of sp³-hybridized carbons (Fsp3) is 0.308. The Hall–Kier alpha value is -2.21. The summed E-state index contributed by atoms with van der Waals surface area (Å²) < 4.78 is 4.90. The van der Waals surface area contributed by atoms with Crippen LogP contribution in [0.1, 0.15) is 12.5 Å². The lowest BCUT2D eigenvalue weighted by Gasteiger charge is -2.10. The zero-order chi connectivity index (χ0) is 14.3. The van der Waals surface area contributed by atoms with E-state index in [1.54, 1.807) is 25.3 Å². The molecule has 0 fully saturated rings. The van der Waals surface area contributed by atoms with Crippen LogP contribution in [0, 0.1) is 10.1 Å². The SMILES string of the molecule is COC[C@H](C)NC(=O)/C=C/c1ccc([N+](=O)[O-])cc1. The standard InChI is InChI=1S/C13H16N2O4/c1-10(9-19-2)14-13(16)8-5-11-3-6-12(7-4-11)15(17)18/h3-8,10H,9H2,1-2H3,(H,14,16)/b8-5+/t10-/m0/s1. The smallest absolute Gasteiger partial charge is 0.269 e. The van der Waals surface area contributed by atoms with E-state index in [0.29, 0.717) is 6.61 Å². The largest absolute Gasteiger partial charge is 0.383 e. The van der Waals surface area contributed by atoms with Crippen LogP contribution < -0.4 is 5.32 Å². The average molecular weight is 264 g/mol. The van der Waals surface area contributed by atoms with Crippen LogP contribution >= 0.6 is 0 Å². The number of hydrogen-bond donors (Lipinski definition) is 1. The molecule has 1 N–H and O–H groups in total. The summed E-state index contributed by atoms with van der Waals surface area (Å²) in [6.45, 7) is 2.28. The number of benzene rings is 1. The predicted octanol–water partition coefficient (Wildman–Crippen LogP) is 1.76. The Morgan fingerprint density at radius 1 is 1.47 bits per heavy atom. The number of nitro groups is 1. The molecule has 1 aromatic rings. The van der Waals surface area contributed by atoms with Gasteiger partial charge in [0.2, 0.25) is 5.91 Å². The number of methoxy groups -OCH3 is 1. The van der Waals surface area contributed by atoms with Gasteiger partial charge in [0.05, 0.1) is 11.5 Å². The number of ether oxygens (including phenoxy) is 1. The Labute approximate surface area is 111 Å². The zero-order valence-corrected chi connectivity index (χ0v) is 10.8. The van der Waals surface area contributed by atoms with Crippen molar-refractivity contribution < 1.29 is 14.5 Å². The third-order valence-electron chi connectivity index (χ3n) is 2.34. The molecular weight excluding hydrogens is 248 g/mol. The summed E-state index contributed by atoms with van der Waals surface area (Å²) in [6, 6.07) is 5.89. The van der Waals surface area contributed by atoms with Gasteiger partial charge in [0.25, 0.3) is 5.69 Å². The summed E-state index contributed by atoms with van der Waals surface area (Å²) in [4.78, 5) is 21.5. The molecule has 0 unspecified atom stereocenters. The Kier molecular flexibility index (Phi) is 5.69. The molecule has 0 spiro atoms. The van der Waals surface area contributed by atoms with E-state index in [4.69, 9.17) is 4.74 Å². The molecule has 0 aliphatic carbocycles. The highest BCUT2D eigenvalue weighted by atomic mass is 16.6. The monoisotopic (exact) mass is 264 g/mol. The van der Waals surface area contributed by atoms with E-state index in [1.165, 1.54) is 18.2 Å². The Balaban J connectivity index is 2.56. The van der Waals surface area contributed by atoms with Gasteiger partial charge in [-0.25, -0.2) is 0 Å². The first kappa shape index (κ1) is 14.8. The van der Waals surface area contributed by atoms with Crippen molar-refractivity contribution in [2.24, 2.45) is 0 Å². The average Bonchev–Trinajstić information content (AvgIpc) is 2.37. The van der Waals surface area contributed by atoms with Gasteiger partial charge in [-0.15, -0.1) is 0 Å². The van der Waals surface area contributed by atoms with Crippen LogP contribution in [-0.4, -0.2) is 30.6 Å². The summed E-state index contributed by atoms with van der Waals surface area (Å²) in [6.07, 6.45) is 2.98. The minimum atomic E-state index is -0.466. The molecule has 0 aliphatic rings. The summed E-state index contributed by atoms with van der Waals surface area (Å²) >= 11 is 0. The van der Waals surface area contributed by atoms with Crippen LogP contribution in [0.3, 0.4) is 0 Å². The maximum Gasteiger partial charge on any atom is 0.269 e. The first-order valence-corrected chi connectivity index (χ1v) is 5.75. The molecule has 1 atom stereocenters. The molecule has 0 bridgehead atoms. The van der Waals surface area contributed by atoms with E-state index in [2.05, 4.69) is 5.32 Å². The first-order valence-electron chi connectivity index (χ1n) is 5.75. The number of hydrogen-bond acceptors (Lipinski definition) is 4. The van der Waals surface area contributed by atoms with Gasteiger partial charge in [-0.1, -0.05) is 0 Å². The second-order valence-electron chi connectivity index (χ2n) is 4.05. The second-order valence-corrected chi connectivity index (χ2v) is 4.05. The molecule has 6 nitrogen and oxygen atoms in total. The van der Waals surface area contributed by atoms with E-state index in [1.807, 2.05) is 6.92 Å². The molecule has 0 aromatic heterocycles. The van der Waals surface area contributed by atoms with E-state index < -0.39 is 4.92 Å². The van der Waals surface area contributed by atoms with Crippen LogP contribution in [0.4, 0.5) is 5.69 Å². The summed E-state index contributed by atoms with van der Waals surface area (Å²) in [5.74, 6) is -0.233. The highest BCUT2D eigenvalue weighted by Gasteiger charge is 2.04. The first-order chi connectivity index (χ1) is 9.02. The van der Waals surface area contributed by atoms with E-state index >= 15 is 0 Å². The van der Waals surface area contributed by atoms with Crippen molar-refractivity contribution >= 4 is 17.7 Å². The third-order valence-corrected chi connectivity index (χ3v) is 2.34. The number of carbonyl (C=O) groups excluding carboxylic acids is 1. The maximum atomic E-state index is 11.5. The van der Waals surface area contributed by atoms with Gasteiger partial charge in [0.1, 0.15) is 0 Å². The summed E-state index contributed by atoms with van der Waals surface area (Å²) in [5, 5.41) is 13.2. The molecule has 1 aromatic carbocycles. The van der Waals surface area contributed by atoms with Crippen molar-refractivity contribution in [3.05, 3.63) is 46.0 Å². The lowest BCUT2D eigenvalue weighted by Crippen LogP contribution is -2.34. The van der Waals surface area contributed by atoms with Crippen molar-refractivity contribution in [2.75, 3.05) is 13.7 Å². The van der Waals surface area contributed by atoms with Crippen molar-refractivity contribution in [3.63, 3.8) is 0 Å². The minimum Gasteiger partial charge on any atom is -0.383 e. The lowest BCUT2D eigenvalue weighted by atomic mass is 10.2. The van der Waals surface area contributed by atoms with Crippen molar-refractivity contribution in [1.29, 1.82) is 0 Å². The van der Waals surface area contributed by atoms with Gasteiger partial charge in [-0.2, -0.15) is 0 Å². The van der Waals surface area contributed by atoms with Crippen LogP contribution in [0.5, 0.6) is 0 Å². The number of amides is 1. The molecule has 0 saturated carbocycles. The minimum absolute atomic E-state index is 0.0234. The third kappa shape index (κ3) is 5.31. The molecule has 6 heteroatoms. The van der Waals surface area contributed by atoms with Crippen molar-refractivity contribution in [2.45, 2.75) is 13.0 Å². The molecule has 0 heterocycles. The second kappa shape index (κ2) is 7.27. The zero-order valence-electron chi connectivity index (χ0n) is 10.8. The number of nitrogens with one attached hydrogen (secondary N) is 1. The molecule has 1 amide bonds. The molecule has 0 aliphatic heterocycles. The molecular formula is C13H16N2O4. The molecule has 19 heavy (non-hydrogen) atoms. The van der Waals surface area contributed by atoms with Crippen LogP contribution in [0.15, 0.2) is 30.3 Å². The van der Waals surface area contributed by atoms with Gasteiger partial charge in [0.15, 0.2) is 0 Å². The highest BCUT2D eigenvalue weighted by Crippen LogP contribution is 2.12. The Bertz CT molecular complexity index is 468. The number of nitrogens with zero attached hydrogens (tertiary/aromatic N) is 1. The van der Waals surface area contributed by atoms with Gasteiger partial charge in [0, 0.05) is 31.4 Å². The van der Waals surface area contributed by atoms with E-state index in [-0.39, 0.29) is 17.6 Å². The predicted molar refractivity (Wildman–Crippen MR) is 71.6 cm³/mol. The quantitative estimate of drug-likeness (QED) is 0.482. The lowest BCUT2D eigenvalue weighted by molar-refractivity contribution is -0.384. The normalized spacial score (nSPS) is 12.3. The highest BCUT2D eigenvalue weighted by molar-refractivity contribution is 5.91.